The quantitative estimate of drug-likeness (QED) is 0.0864. The zero-order valence-electron chi connectivity index (χ0n) is 31.1. The molecule has 0 amide bonds. The summed E-state index contributed by atoms with van der Waals surface area (Å²) in [6.45, 7) is 0. The van der Waals surface area contributed by atoms with Gasteiger partial charge in [0, 0.05) is 33.9 Å². The van der Waals surface area contributed by atoms with Crippen molar-refractivity contribution >= 4 is 69.7 Å². The average molecular weight is 795 g/mol. The van der Waals surface area contributed by atoms with Gasteiger partial charge in [0.25, 0.3) is 0 Å². The van der Waals surface area contributed by atoms with Gasteiger partial charge in [-0.2, -0.15) is 0 Å². The van der Waals surface area contributed by atoms with E-state index in [-0.39, 0.29) is 22.3 Å². The number of aromatic amines is 2. The maximum atomic E-state index is 11.8. The number of allylic oxidation sites excluding steroid dienone is 2. The standard InChI is InChI=1S/C46H30N6O8/c53-43(54)27-5-1-25(2-6-27)41-33-17-21-37(47-33)51(31-13-9-29(10-14-31)45(57)58)39-23-19-35(49-39)42(26-3-7-28(8-4-26)44(55)56)36-20-24-40(50-36)52(38-22-18-34(41)48-38)32-15-11-30(12-16-32)46(59)60/h1-24,47,50H,(H,53,54)(H,55,56)(H,57,58)(H,59,60). The number of aromatic carboxylic acids is 4. The van der Waals surface area contributed by atoms with Crippen LogP contribution in [0.3, 0.4) is 0 Å². The van der Waals surface area contributed by atoms with Gasteiger partial charge in [-0.05, 0) is 132 Å². The molecule has 4 aromatic carbocycles. The topological polar surface area (TPSA) is 212 Å². The molecule has 0 saturated heterocycles. The first kappa shape index (κ1) is 36.8. The number of amidine groups is 2. The number of rotatable bonds is 8. The molecule has 0 unspecified atom stereocenters. The van der Waals surface area contributed by atoms with E-state index in [1.54, 1.807) is 48.5 Å². The minimum atomic E-state index is -1.07. The van der Waals surface area contributed by atoms with Crippen molar-refractivity contribution in [1.82, 2.24) is 9.97 Å². The summed E-state index contributed by atoms with van der Waals surface area (Å²) in [5.41, 5.74) is 6.53. The Morgan fingerprint density at radius 1 is 0.400 bits per heavy atom. The fourth-order valence-corrected chi connectivity index (χ4v) is 7.29. The van der Waals surface area contributed by atoms with Crippen molar-refractivity contribution in [1.29, 1.82) is 0 Å². The molecule has 6 N–H and O–H groups in total. The summed E-state index contributed by atoms with van der Waals surface area (Å²) in [5.74, 6) is -2.22. The number of carboxylic acids is 4. The van der Waals surface area contributed by atoms with Crippen molar-refractivity contribution in [2.24, 2.45) is 9.98 Å². The fourth-order valence-electron chi connectivity index (χ4n) is 7.29. The van der Waals surface area contributed by atoms with Gasteiger partial charge in [0.2, 0.25) is 0 Å². The molecule has 5 heterocycles. The monoisotopic (exact) mass is 794 g/mol. The highest BCUT2D eigenvalue weighted by atomic mass is 16.4. The van der Waals surface area contributed by atoms with E-state index in [4.69, 9.17) is 9.98 Å². The van der Waals surface area contributed by atoms with Crippen LogP contribution in [0.4, 0.5) is 23.0 Å². The van der Waals surface area contributed by atoms with Crippen LogP contribution in [0.25, 0.3) is 11.1 Å². The summed E-state index contributed by atoms with van der Waals surface area (Å²) in [4.78, 5) is 68.3. The van der Waals surface area contributed by atoms with Crippen molar-refractivity contribution in [3.8, 4) is 0 Å². The first-order valence-electron chi connectivity index (χ1n) is 18.4. The lowest BCUT2D eigenvalue weighted by Gasteiger charge is -2.23. The molecule has 8 bridgehead atoms. The maximum Gasteiger partial charge on any atom is 0.335 e. The maximum absolute atomic E-state index is 11.8. The van der Waals surface area contributed by atoms with Crippen molar-refractivity contribution in [3.05, 3.63) is 202 Å². The second kappa shape index (κ2) is 14.6. The number of H-pyrrole nitrogens is 2. The normalized spacial score (nSPS) is 14.4. The Labute approximate surface area is 340 Å². The predicted molar refractivity (Wildman–Crippen MR) is 225 cm³/mol. The third kappa shape index (κ3) is 6.65. The van der Waals surface area contributed by atoms with E-state index in [9.17, 15) is 39.6 Å². The number of carboxylic acid groups (broad SMARTS) is 4. The number of hydrogen-bond donors (Lipinski definition) is 6. The molecule has 3 aliphatic rings. The van der Waals surface area contributed by atoms with Crippen LogP contribution in [0.15, 0.2) is 167 Å². The lowest BCUT2D eigenvalue weighted by Crippen LogP contribution is -2.24. The highest BCUT2D eigenvalue weighted by molar-refractivity contribution is 6.15. The lowest BCUT2D eigenvalue weighted by atomic mass is 9.99. The number of anilines is 4. The zero-order chi connectivity index (χ0) is 41.7. The summed E-state index contributed by atoms with van der Waals surface area (Å²) in [5, 5.41) is 38.7. The third-order valence-electron chi connectivity index (χ3n) is 10.2. The zero-order valence-corrected chi connectivity index (χ0v) is 31.1. The summed E-state index contributed by atoms with van der Waals surface area (Å²) >= 11 is 0. The largest absolute Gasteiger partial charge is 0.478 e. The Morgan fingerprint density at radius 2 is 0.717 bits per heavy atom. The molecule has 0 radical (unpaired) electrons. The summed E-state index contributed by atoms with van der Waals surface area (Å²) in [7, 11) is 0. The van der Waals surface area contributed by atoms with E-state index in [2.05, 4.69) is 9.97 Å². The van der Waals surface area contributed by atoms with E-state index in [0.29, 0.717) is 79.7 Å². The number of aromatic nitrogens is 2. The van der Waals surface area contributed by atoms with Crippen LogP contribution in [0, 0.1) is 0 Å². The van der Waals surface area contributed by atoms with E-state index >= 15 is 0 Å². The molecular weight excluding hydrogens is 765 g/mol. The first-order chi connectivity index (χ1) is 29.0. The number of nitrogens with zero attached hydrogens (tertiary/aromatic N) is 4. The van der Waals surface area contributed by atoms with Crippen LogP contribution in [-0.4, -0.2) is 65.9 Å². The third-order valence-corrected chi connectivity index (χ3v) is 10.2. The Bertz CT molecular complexity index is 2760. The van der Waals surface area contributed by atoms with Gasteiger partial charge in [-0.15, -0.1) is 0 Å². The molecule has 2 aromatic heterocycles. The van der Waals surface area contributed by atoms with Gasteiger partial charge in [-0.3, -0.25) is 9.80 Å². The van der Waals surface area contributed by atoms with Gasteiger partial charge in [-0.25, -0.2) is 29.2 Å². The highest BCUT2D eigenvalue weighted by Crippen LogP contribution is 2.39. The Hall–Kier alpha value is -8.78. The van der Waals surface area contributed by atoms with Crippen molar-refractivity contribution in [2.45, 2.75) is 0 Å². The van der Waals surface area contributed by atoms with Crippen LogP contribution in [-0.2, 0) is 0 Å². The van der Waals surface area contributed by atoms with Crippen molar-refractivity contribution < 1.29 is 39.6 Å². The Balaban J connectivity index is 1.31. The van der Waals surface area contributed by atoms with E-state index in [0.717, 1.165) is 0 Å². The van der Waals surface area contributed by atoms with E-state index < -0.39 is 23.9 Å². The van der Waals surface area contributed by atoms with Gasteiger partial charge in [-0.1, -0.05) is 24.3 Å². The molecule has 0 fully saturated rings. The van der Waals surface area contributed by atoms with Crippen LogP contribution in [0.5, 0.6) is 0 Å². The summed E-state index contributed by atoms with van der Waals surface area (Å²) in [6.07, 6.45) is 7.33. The predicted octanol–water partition coefficient (Wildman–Crippen LogP) is 8.58. The number of nitrogens with one attached hydrogen (secondary N) is 2. The van der Waals surface area contributed by atoms with Gasteiger partial charge >= 0.3 is 23.9 Å². The van der Waals surface area contributed by atoms with Crippen molar-refractivity contribution in [2.75, 3.05) is 9.80 Å². The van der Waals surface area contributed by atoms with E-state index in [1.807, 2.05) is 58.4 Å². The molecule has 6 aromatic rings. The number of hydrogen-bond acceptors (Lipinski definition) is 8. The SMILES string of the molecule is O=C(O)c1ccc(C2=C3C=CC(=N3)N(c3ccc(C(=O)O)cc3)c3ccc([nH]3)C(c3ccc(C(=O)O)cc3)=C3C=CC(=N3)N(c3ccc(C(=O)O)cc3)c3ccc2[nH]3)cc1. The molecule has 9 rings (SSSR count). The van der Waals surface area contributed by atoms with Crippen LogP contribution >= 0.6 is 0 Å². The minimum Gasteiger partial charge on any atom is -0.478 e. The summed E-state index contributed by atoms with van der Waals surface area (Å²) < 4.78 is 0. The molecular formula is C46H30N6O8. The lowest BCUT2D eigenvalue weighted by molar-refractivity contribution is 0.0686. The van der Waals surface area contributed by atoms with E-state index in [1.165, 1.54) is 48.5 Å². The number of carbonyl (C=O) groups is 4. The number of benzene rings is 4. The second-order valence-electron chi connectivity index (χ2n) is 13.8. The highest BCUT2D eigenvalue weighted by Gasteiger charge is 2.27. The molecule has 3 aliphatic heterocycles. The average Bonchev–Trinajstić information content (AvgIpc) is 4.10. The Morgan fingerprint density at radius 3 is 1.03 bits per heavy atom. The van der Waals surface area contributed by atoms with Gasteiger partial charge < -0.3 is 30.4 Å². The van der Waals surface area contributed by atoms with Gasteiger partial charge in [0.1, 0.15) is 23.3 Å². The molecule has 60 heavy (non-hydrogen) atoms. The van der Waals surface area contributed by atoms with Crippen LogP contribution < -0.4 is 9.80 Å². The molecule has 0 spiro atoms. The fraction of sp³-hybridized carbons (Fsp3) is 0. The van der Waals surface area contributed by atoms with Crippen LogP contribution in [0.1, 0.15) is 63.9 Å². The smallest absolute Gasteiger partial charge is 0.335 e. The molecule has 0 atom stereocenters. The van der Waals surface area contributed by atoms with Gasteiger partial charge in [0.15, 0.2) is 0 Å². The van der Waals surface area contributed by atoms with Gasteiger partial charge in [0.05, 0.1) is 33.6 Å². The molecule has 0 aliphatic carbocycles. The molecule has 14 heteroatoms. The first-order valence-corrected chi connectivity index (χ1v) is 18.4. The second-order valence-corrected chi connectivity index (χ2v) is 13.8. The van der Waals surface area contributed by atoms with Crippen LogP contribution in [0.2, 0.25) is 0 Å². The number of fused-ring (bicyclic) bond motifs is 6. The molecule has 0 saturated carbocycles. The van der Waals surface area contributed by atoms with Crippen molar-refractivity contribution in [3.63, 3.8) is 0 Å². The molecule has 14 nitrogen and oxygen atoms in total. The molecule has 292 valence electrons. The number of aliphatic imine (C=N–C) groups is 2. The minimum absolute atomic E-state index is 0.102. The Kier molecular flexibility index (Phi) is 8.98. The summed E-state index contributed by atoms with van der Waals surface area (Å²) in [6, 6.07) is 33.1.